The number of nitrogens with one attached hydrogen (secondary N) is 1. The molecular weight excluding hydrogens is 210 g/mol. The van der Waals surface area contributed by atoms with E-state index in [4.69, 9.17) is 4.74 Å². The van der Waals surface area contributed by atoms with E-state index in [-0.39, 0.29) is 0 Å². The Labute approximate surface area is 108 Å². The van der Waals surface area contributed by atoms with Crippen LogP contribution in [-0.4, -0.2) is 25.8 Å². The molecule has 0 aromatic rings. The molecule has 0 aliphatic carbocycles. The van der Waals surface area contributed by atoms with Gasteiger partial charge in [-0.2, -0.15) is 0 Å². The first kappa shape index (κ1) is 15.0. The van der Waals surface area contributed by atoms with Crippen LogP contribution in [-0.2, 0) is 4.74 Å². The SMILES string of the molecule is CCNC(CCCC1CCOCC1)C(C)(C)C. The van der Waals surface area contributed by atoms with Crippen molar-refractivity contribution in [2.24, 2.45) is 11.3 Å². The van der Waals surface area contributed by atoms with Crippen molar-refractivity contribution >= 4 is 0 Å². The minimum Gasteiger partial charge on any atom is -0.381 e. The molecule has 0 aromatic heterocycles. The second-order valence-electron chi connectivity index (χ2n) is 6.46. The second kappa shape index (κ2) is 7.38. The van der Waals surface area contributed by atoms with Crippen molar-refractivity contribution in [2.45, 2.75) is 65.8 Å². The Bertz CT molecular complexity index is 192. The molecule has 0 radical (unpaired) electrons. The van der Waals surface area contributed by atoms with Crippen LogP contribution in [0.4, 0.5) is 0 Å². The normalized spacial score (nSPS) is 20.5. The van der Waals surface area contributed by atoms with Gasteiger partial charge in [0.05, 0.1) is 0 Å². The number of hydrogen-bond acceptors (Lipinski definition) is 2. The fourth-order valence-electron chi connectivity index (χ4n) is 2.73. The molecule has 102 valence electrons. The monoisotopic (exact) mass is 241 g/mol. The molecule has 1 saturated heterocycles. The highest BCUT2D eigenvalue weighted by Gasteiger charge is 2.23. The highest BCUT2D eigenvalue weighted by atomic mass is 16.5. The van der Waals surface area contributed by atoms with Crippen molar-refractivity contribution in [1.82, 2.24) is 5.32 Å². The van der Waals surface area contributed by atoms with Crippen molar-refractivity contribution in [3.63, 3.8) is 0 Å². The largest absolute Gasteiger partial charge is 0.381 e. The third kappa shape index (κ3) is 5.87. The first-order valence-electron chi connectivity index (χ1n) is 7.35. The molecule has 0 bridgehead atoms. The summed E-state index contributed by atoms with van der Waals surface area (Å²) in [4.78, 5) is 0. The zero-order valence-electron chi connectivity index (χ0n) is 12.2. The first-order valence-corrected chi connectivity index (χ1v) is 7.35. The summed E-state index contributed by atoms with van der Waals surface area (Å²) >= 11 is 0. The van der Waals surface area contributed by atoms with Crippen molar-refractivity contribution in [1.29, 1.82) is 0 Å². The third-order valence-corrected chi connectivity index (χ3v) is 3.94. The Morgan fingerprint density at radius 3 is 2.41 bits per heavy atom. The van der Waals surface area contributed by atoms with Gasteiger partial charge < -0.3 is 10.1 Å². The first-order chi connectivity index (χ1) is 8.04. The van der Waals surface area contributed by atoms with Gasteiger partial charge in [0.2, 0.25) is 0 Å². The summed E-state index contributed by atoms with van der Waals surface area (Å²) in [7, 11) is 0. The lowest BCUT2D eigenvalue weighted by Crippen LogP contribution is -2.40. The lowest BCUT2D eigenvalue weighted by molar-refractivity contribution is 0.0624. The number of ether oxygens (including phenoxy) is 1. The van der Waals surface area contributed by atoms with Gasteiger partial charge in [-0.25, -0.2) is 0 Å². The average Bonchev–Trinajstić information content (AvgIpc) is 2.28. The van der Waals surface area contributed by atoms with Gasteiger partial charge in [-0.1, -0.05) is 40.5 Å². The van der Waals surface area contributed by atoms with Crippen LogP contribution in [0, 0.1) is 11.3 Å². The Balaban J connectivity index is 2.21. The van der Waals surface area contributed by atoms with E-state index in [9.17, 15) is 0 Å². The zero-order chi connectivity index (χ0) is 12.7. The lowest BCUT2D eigenvalue weighted by atomic mass is 9.82. The molecule has 1 heterocycles. The molecule has 2 heteroatoms. The molecule has 1 fully saturated rings. The molecule has 1 aliphatic heterocycles. The highest BCUT2D eigenvalue weighted by molar-refractivity contribution is 4.80. The fourth-order valence-corrected chi connectivity index (χ4v) is 2.73. The maximum atomic E-state index is 5.41. The Kier molecular flexibility index (Phi) is 6.50. The predicted molar refractivity (Wildman–Crippen MR) is 74.3 cm³/mol. The van der Waals surface area contributed by atoms with Gasteiger partial charge >= 0.3 is 0 Å². The molecule has 0 spiro atoms. The highest BCUT2D eigenvalue weighted by Crippen LogP contribution is 2.26. The summed E-state index contributed by atoms with van der Waals surface area (Å²) in [6, 6.07) is 0.660. The van der Waals surface area contributed by atoms with E-state index in [1.54, 1.807) is 0 Å². The maximum Gasteiger partial charge on any atom is 0.0468 e. The van der Waals surface area contributed by atoms with Gasteiger partial charge in [0, 0.05) is 19.3 Å². The van der Waals surface area contributed by atoms with E-state index >= 15 is 0 Å². The molecule has 1 unspecified atom stereocenters. The van der Waals surface area contributed by atoms with Crippen LogP contribution in [0.3, 0.4) is 0 Å². The summed E-state index contributed by atoms with van der Waals surface area (Å²) in [5, 5.41) is 3.64. The van der Waals surface area contributed by atoms with E-state index < -0.39 is 0 Å². The fraction of sp³-hybridized carbons (Fsp3) is 1.00. The quantitative estimate of drug-likeness (QED) is 0.767. The molecular formula is C15H31NO. The molecule has 1 N–H and O–H groups in total. The van der Waals surface area contributed by atoms with Crippen LogP contribution in [0.2, 0.25) is 0 Å². The number of rotatable bonds is 6. The van der Waals surface area contributed by atoms with E-state index in [1.165, 1.54) is 32.1 Å². The number of hydrogen-bond donors (Lipinski definition) is 1. The van der Waals surface area contributed by atoms with E-state index in [1.807, 2.05) is 0 Å². The second-order valence-corrected chi connectivity index (χ2v) is 6.46. The van der Waals surface area contributed by atoms with Crippen LogP contribution in [0.5, 0.6) is 0 Å². The molecule has 17 heavy (non-hydrogen) atoms. The molecule has 0 amide bonds. The molecule has 1 atom stereocenters. The molecule has 0 aromatic carbocycles. The third-order valence-electron chi connectivity index (χ3n) is 3.94. The topological polar surface area (TPSA) is 21.3 Å². The van der Waals surface area contributed by atoms with Gasteiger partial charge in [0.25, 0.3) is 0 Å². The Morgan fingerprint density at radius 1 is 1.24 bits per heavy atom. The standard InChI is InChI=1S/C15H31NO/c1-5-16-14(15(2,3)4)8-6-7-13-9-11-17-12-10-13/h13-14,16H,5-12H2,1-4H3. The Morgan fingerprint density at radius 2 is 1.88 bits per heavy atom. The Hall–Kier alpha value is -0.0800. The maximum absolute atomic E-state index is 5.41. The minimum absolute atomic E-state index is 0.381. The molecule has 1 aliphatic rings. The molecule has 0 saturated carbocycles. The van der Waals surface area contributed by atoms with Crippen LogP contribution in [0.1, 0.15) is 59.8 Å². The summed E-state index contributed by atoms with van der Waals surface area (Å²) in [6.07, 6.45) is 6.62. The van der Waals surface area contributed by atoms with Crippen molar-refractivity contribution in [3.8, 4) is 0 Å². The van der Waals surface area contributed by atoms with Gasteiger partial charge in [-0.15, -0.1) is 0 Å². The van der Waals surface area contributed by atoms with Crippen LogP contribution >= 0.6 is 0 Å². The van der Waals surface area contributed by atoms with Gasteiger partial charge in [0.15, 0.2) is 0 Å². The van der Waals surface area contributed by atoms with E-state index in [0.29, 0.717) is 11.5 Å². The zero-order valence-corrected chi connectivity index (χ0v) is 12.2. The summed E-state index contributed by atoms with van der Waals surface area (Å²) in [5.74, 6) is 0.922. The van der Waals surface area contributed by atoms with Gasteiger partial charge in [-0.05, 0) is 37.1 Å². The average molecular weight is 241 g/mol. The van der Waals surface area contributed by atoms with Crippen molar-refractivity contribution in [3.05, 3.63) is 0 Å². The minimum atomic E-state index is 0.381. The summed E-state index contributed by atoms with van der Waals surface area (Å²) in [6.45, 7) is 12.3. The summed E-state index contributed by atoms with van der Waals surface area (Å²) in [5.41, 5.74) is 0.381. The van der Waals surface area contributed by atoms with Crippen LogP contribution in [0.15, 0.2) is 0 Å². The van der Waals surface area contributed by atoms with Gasteiger partial charge in [0.1, 0.15) is 0 Å². The van der Waals surface area contributed by atoms with Crippen molar-refractivity contribution < 1.29 is 4.74 Å². The van der Waals surface area contributed by atoms with Crippen molar-refractivity contribution in [2.75, 3.05) is 19.8 Å². The van der Waals surface area contributed by atoms with E-state index in [0.717, 1.165) is 25.7 Å². The smallest absolute Gasteiger partial charge is 0.0468 e. The van der Waals surface area contributed by atoms with Crippen LogP contribution in [0.25, 0.3) is 0 Å². The molecule has 1 rings (SSSR count). The van der Waals surface area contributed by atoms with Crippen LogP contribution < -0.4 is 5.32 Å². The lowest BCUT2D eigenvalue weighted by Gasteiger charge is -2.32. The predicted octanol–water partition coefficient (Wildman–Crippen LogP) is 3.61. The summed E-state index contributed by atoms with van der Waals surface area (Å²) < 4.78 is 5.41. The van der Waals surface area contributed by atoms with E-state index in [2.05, 4.69) is 33.0 Å². The van der Waals surface area contributed by atoms with Gasteiger partial charge in [-0.3, -0.25) is 0 Å². The molecule has 2 nitrogen and oxygen atoms in total.